The van der Waals surface area contributed by atoms with Crippen molar-refractivity contribution in [3.63, 3.8) is 0 Å². The minimum absolute atomic E-state index is 0.529. The molecule has 2 aliphatic heterocycles. The second kappa shape index (κ2) is 4.87. The van der Waals surface area contributed by atoms with E-state index in [0.29, 0.717) is 6.10 Å². The van der Waals surface area contributed by atoms with Crippen molar-refractivity contribution < 1.29 is 4.74 Å². The minimum Gasteiger partial charge on any atom is -0.381 e. The topological polar surface area (TPSA) is 24.5 Å². The third-order valence-electron chi connectivity index (χ3n) is 5.26. The molecule has 5 unspecified atom stereocenters. The normalized spacial score (nSPS) is 47.3. The van der Waals surface area contributed by atoms with E-state index in [4.69, 9.17) is 4.74 Å². The van der Waals surface area contributed by atoms with Crippen molar-refractivity contribution in [2.45, 2.75) is 50.3 Å². The Bertz CT molecular complexity index is 271. The Balaban J connectivity index is 1.64. The van der Waals surface area contributed by atoms with Crippen LogP contribution in [0.15, 0.2) is 0 Å². The van der Waals surface area contributed by atoms with Crippen LogP contribution in [0.1, 0.15) is 32.1 Å². The molecule has 1 N–H and O–H groups in total. The maximum absolute atomic E-state index is 5.56. The van der Waals surface area contributed by atoms with Gasteiger partial charge in [0.2, 0.25) is 0 Å². The smallest absolute Gasteiger partial charge is 0.0575 e. The Morgan fingerprint density at radius 1 is 1.06 bits per heavy atom. The summed E-state index contributed by atoms with van der Waals surface area (Å²) >= 11 is 0. The molecule has 1 aliphatic carbocycles. The van der Waals surface area contributed by atoms with E-state index >= 15 is 0 Å². The zero-order valence-corrected chi connectivity index (χ0v) is 11.2. The van der Waals surface area contributed by atoms with Crippen LogP contribution in [0.2, 0.25) is 0 Å². The molecule has 0 amide bonds. The van der Waals surface area contributed by atoms with Crippen molar-refractivity contribution in [2.75, 3.05) is 27.2 Å². The Morgan fingerprint density at radius 2 is 1.94 bits per heavy atom. The van der Waals surface area contributed by atoms with Crippen LogP contribution < -0.4 is 5.32 Å². The molecule has 98 valence electrons. The highest BCUT2D eigenvalue weighted by Gasteiger charge is 2.41. The number of likely N-dealkylation sites (tertiary alicyclic amines) is 1. The van der Waals surface area contributed by atoms with Gasteiger partial charge in [0.25, 0.3) is 0 Å². The number of nitrogens with one attached hydrogen (secondary N) is 1. The van der Waals surface area contributed by atoms with Gasteiger partial charge in [0, 0.05) is 25.7 Å². The molecule has 3 heteroatoms. The van der Waals surface area contributed by atoms with Crippen LogP contribution in [0.3, 0.4) is 0 Å². The van der Waals surface area contributed by atoms with Gasteiger partial charge in [-0.15, -0.1) is 0 Å². The van der Waals surface area contributed by atoms with E-state index in [1.54, 1.807) is 0 Å². The van der Waals surface area contributed by atoms with E-state index in [0.717, 1.165) is 23.9 Å². The van der Waals surface area contributed by atoms with Gasteiger partial charge in [0.1, 0.15) is 0 Å². The van der Waals surface area contributed by atoms with Crippen molar-refractivity contribution in [1.29, 1.82) is 0 Å². The van der Waals surface area contributed by atoms with Crippen LogP contribution in [0.5, 0.6) is 0 Å². The molecule has 3 rings (SSSR count). The molecule has 0 aromatic heterocycles. The summed E-state index contributed by atoms with van der Waals surface area (Å²) in [5.41, 5.74) is 0. The van der Waals surface area contributed by atoms with Gasteiger partial charge in [-0.05, 0) is 57.5 Å². The van der Waals surface area contributed by atoms with E-state index < -0.39 is 0 Å². The summed E-state index contributed by atoms with van der Waals surface area (Å²) in [4.78, 5) is 2.48. The van der Waals surface area contributed by atoms with E-state index in [-0.39, 0.29) is 0 Å². The van der Waals surface area contributed by atoms with Crippen LogP contribution in [-0.2, 0) is 4.74 Å². The second-order valence-electron chi connectivity index (χ2n) is 6.36. The molecule has 3 fully saturated rings. The molecule has 0 radical (unpaired) electrons. The lowest BCUT2D eigenvalue weighted by Gasteiger charge is -2.49. The van der Waals surface area contributed by atoms with Crippen molar-refractivity contribution in [3.05, 3.63) is 0 Å². The lowest BCUT2D eigenvalue weighted by Crippen LogP contribution is -2.60. The Kier molecular flexibility index (Phi) is 3.42. The molecule has 5 atom stereocenters. The van der Waals surface area contributed by atoms with E-state index in [1.165, 1.54) is 45.2 Å². The first kappa shape index (κ1) is 11.9. The summed E-state index contributed by atoms with van der Waals surface area (Å²) in [6.45, 7) is 2.54. The third kappa shape index (κ3) is 2.38. The van der Waals surface area contributed by atoms with Crippen LogP contribution in [0.25, 0.3) is 0 Å². The third-order valence-corrected chi connectivity index (χ3v) is 5.26. The van der Waals surface area contributed by atoms with Gasteiger partial charge in [-0.2, -0.15) is 0 Å². The van der Waals surface area contributed by atoms with Crippen LogP contribution >= 0.6 is 0 Å². The number of piperidine rings is 2. The van der Waals surface area contributed by atoms with Crippen molar-refractivity contribution in [1.82, 2.24) is 10.2 Å². The van der Waals surface area contributed by atoms with Crippen LogP contribution in [0, 0.1) is 11.8 Å². The Labute approximate surface area is 105 Å². The summed E-state index contributed by atoms with van der Waals surface area (Å²) in [6, 6.07) is 1.53. The molecule has 17 heavy (non-hydrogen) atoms. The Hall–Kier alpha value is -0.120. The molecule has 2 saturated heterocycles. The lowest BCUT2D eigenvalue weighted by atomic mass is 9.70. The highest BCUT2D eigenvalue weighted by atomic mass is 16.5. The standard InChI is InChI=1S/C14H26N2O/c1-16-6-5-10-7-11-8-12(17-2)3-4-13(11)15-14(10)9-16/h10-15H,3-9H2,1-2H3. The second-order valence-corrected chi connectivity index (χ2v) is 6.36. The number of methoxy groups -OCH3 is 1. The molecule has 1 saturated carbocycles. The minimum atomic E-state index is 0.529. The van der Waals surface area contributed by atoms with E-state index in [1.807, 2.05) is 7.11 Å². The van der Waals surface area contributed by atoms with Gasteiger partial charge in [-0.25, -0.2) is 0 Å². The summed E-state index contributed by atoms with van der Waals surface area (Å²) in [7, 11) is 4.13. The number of nitrogens with zero attached hydrogens (tertiary/aromatic N) is 1. The predicted octanol–water partition coefficient (Wildman–Crippen LogP) is 1.48. The largest absolute Gasteiger partial charge is 0.381 e. The molecule has 0 spiro atoms. The monoisotopic (exact) mass is 238 g/mol. The first-order valence-corrected chi connectivity index (χ1v) is 7.23. The van der Waals surface area contributed by atoms with Crippen LogP contribution in [-0.4, -0.2) is 50.3 Å². The fourth-order valence-electron chi connectivity index (χ4n) is 4.21. The molecular weight excluding hydrogens is 212 g/mol. The lowest BCUT2D eigenvalue weighted by molar-refractivity contribution is -0.00169. The summed E-state index contributed by atoms with van der Waals surface area (Å²) in [6.07, 6.45) is 7.20. The molecule has 3 nitrogen and oxygen atoms in total. The number of fused-ring (bicyclic) bond motifs is 2. The average Bonchev–Trinajstić information content (AvgIpc) is 2.35. The average molecular weight is 238 g/mol. The molecule has 2 heterocycles. The highest BCUT2D eigenvalue weighted by molar-refractivity contribution is 4.98. The van der Waals surface area contributed by atoms with E-state index in [2.05, 4.69) is 17.3 Å². The Morgan fingerprint density at radius 3 is 2.76 bits per heavy atom. The van der Waals surface area contributed by atoms with Gasteiger partial charge in [-0.1, -0.05) is 0 Å². The van der Waals surface area contributed by atoms with Gasteiger partial charge in [0.05, 0.1) is 6.10 Å². The summed E-state index contributed by atoms with van der Waals surface area (Å²) in [5, 5.41) is 3.94. The predicted molar refractivity (Wildman–Crippen MR) is 69.1 cm³/mol. The fourth-order valence-corrected chi connectivity index (χ4v) is 4.21. The van der Waals surface area contributed by atoms with Crippen LogP contribution in [0.4, 0.5) is 0 Å². The maximum Gasteiger partial charge on any atom is 0.0575 e. The van der Waals surface area contributed by atoms with Crippen molar-refractivity contribution in [3.8, 4) is 0 Å². The van der Waals surface area contributed by atoms with Gasteiger partial charge < -0.3 is 15.0 Å². The number of hydrogen-bond acceptors (Lipinski definition) is 3. The zero-order chi connectivity index (χ0) is 11.8. The zero-order valence-electron chi connectivity index (χ0n) is 11.2. The number of rotatable bonds is 1. The molecular formula is C14H26N2O. The van der Waals surface area contributed by atoms with Crippen molar-refractivity contribution in [2.24, 2.45) is 11.8 Å². The van der Waals surface area contributed by atoms with E-state index in [9.17, 15) is 0 Å². The maximum atomic E-state index is 5.56. The molecule has 0 aromatic rings. The first-order valence-electron chi connectivity index (χ1n) is 7.23. The SMILES string of the molecule is COC1CCC2NC3CN(C)CCC3CC2C1. The van der Waals surface area contributed by atoms with Gasteiger partial charge in [0.15, 0.2) is 0 Å². The highest BCUT2D eigenvalue weighted by Crippen LogP contribution is 2.38. The first-order chi connectivity index (χ1) is 8.26. The molecule has 0 aromatic carbocycles. The molecule has 0 bridgehead atoms. The quantitative estimate of drug-likeness (QED) is 0.749. The van der Waals surface area contributed by atoms with Crippen molar-refractivity contribution >= 4 is 0 Å². The fraction of sp³-hybridized carbons (Fsp3) is 1.00. The molecule has 3 aliphatic rings. The van der Waals surface area contributed by atoms with Gasteiger partial charge in [-0.3, -0.25) is 0 Å². The van der Waals surface area contributed by atoms with Gasteiger partial charge >= 0.3 is 0 Å². The summed E-state index contributed by atoms with van der Waals surface area (Å²) in [5.74, 6) is 1.79. The number of likely N-dealkylation sites (N-methyl/N-ethyl adjacent to an activating group) is 1. The number of hydrogen-bond donors (Lipinski definition) is 1. The number of ether oxygens (including phenoxy) is 1. The summed E-state index contributed by atoms with van der Waals surface area (Å²) < 4.78 is 5.56.